The van der Waals surface area contributed by atoms with Gasteiger partial charge in [-0.25, -0.2) is 4.68 Å². The lowest BCUT2D eigenvalue weighted by molar-refractivity contribution is -0.122. The van der Waals surface area contributed by atoms with Crippen molar-refractivity contribution in [3.05, 3.63) is 48.3 Å². The van der Waals surface area contributed by atoms with Crippen LogP contribution in [0.25, 0.3) is 5.69 Å². The molecule has 7 heteroatoms. The number of nitrogens with zero attached hydrogens (tertiary/aromatic N) is 4. The van der Waals surface area contributed by atoms with E-state index in [2.05, 4.69) is 15.3 Å². The molecule has 1 N–H and O–H groups in total. The van der Waals surface area contributed by atoms with Gasteiger partial charge in [0.1, 0.15) is 0 Å². The van der Waals surface area contributed by atoms with Gasteiger partial charge in [-0.1, -0.05) is 18.2 Å². The van der Waals surface area contributed by atoms with Crippen molar-refractivity contribution in [3.8, 4) is 5.69 Å². The van der Waals surface area contributed by atoms with Crippen molar-refractivity contribution >= 4 is 11.8 Å². The van der Waals surface area contributed by atoms with Gasteiger partial charge in [-0.05, 0) is 25.0 Å². The molecule has 0 spiro atoms. The normalized spacial score (nSPS) is 17.9. The van der Waals surface area contributed by atoms with Crippen LogP contribution in [0.4, 0.5) is 0 Å². The lowest BCUT2D eigenvalue weighted by Gasteiger charge is -2.34. The minimum Gasteiger partial charge on any atom is -0.352 e. The van der Waals surface area contributed by atoms with Crippen molar-refractivity contribution in [2.75, 3.05) is 32.7 Å². The Morgan fingerprint density at radius 2 is 1.81 bits per heavy atom. The largest absolute Gasteiger partial charge is 0.352 e. The lowest BCUT2D eigenvalue weighted by Crippen LogP contribution is -2.51. The van der Waals surface area contributed by atoms with E-state index in [1.807, 2.05) is 35.2 Å². The van der Waals surface area contributed by atoms with Crippen molar-refractivity contribution in [1.29, 1.82) is 0 Å². The first-order chi connectivity index (χ1) is 12.7. The first-order valence-corrected chi connectivity index (χ1v) is 9.10. The Kier molecular flexibility index (Phi) is 4.71. The second-order valence-corrected chi connectivity index (χ2v) is 6.92. The predicted molar refractivity (Wildman–Crippen MR) is 97.1 cm³/mol. The van der Waals surface area contributed by atoms with Crippen molar-refractivity contribution in [2.24, 2.45) is 0 Å². The van der Waals surface area contributed by atoms with Gasteiger partial charge in [-0.3, -0.25) is 14.5 Å². The second kappa shape index (κ2) is 7.29. The molecule has 136 valence electrons. The zero-order chi connectivity index (χ0) is 17.9. The molecule has 0 bridgehead atoms. The highest BCUT2D eigenvalue weighted by molar-refractivity contribution is 5.94. The number of carbonyl (C=O) groups excluding carboxylic acids is 2. The molecule has 2 aromatic rings. The van der Waals surface area contributed by atoms with Crippen LogP contribution in [0, 0.1) is 0 Å². The summed E-state index contributed by atoms with van der Waals surface area (Å²) in [6.45, 7) is 3.12. The fraction of sp³-hybridized carbons (Fsp3) is 0.421. The van der Waals surface area contributed by atoms with Crippen molar-refractivity contribution < 1.29 is 9.59 Å². The molecule has 1 saturated carbocycles. The average molecular weight is 353 g/mol. The lowest BCUT2D eigenvalue weighted by atomic mass is 10.2. The Morgan fingerprint density at radius 1 is 1.08 bits per heavy atom. The van der Waals surface area contributed by atoms with E-state index in [-0.39, 0.29) is 11.8 Å². The first-order valence-electron chi connectivity index (χ1n) is 9.10. The molecule has 26 heavy (non-hydrogen) atoms. The SMILES string of the molecule is O=C(CN1CCN(C(=O)c2cnn(-c3ccccc3)c2)CC1)NC1CC1. The summed E-state index contributed by atoms with van der Waals surface area (Å²) in [7, 11) is 0. The molecule has 1 aliphatic heterocycles. The van der Waals surface area contributed by atoms with Gasteiger partial charge >= 0.3 is 0 Å². The summed E-state index contributed by atoms with van der Waals surface area (Å²) in [6.07, 6.45) is 5.59. The molecule has 1 saturated heterocycles. The minimum absolute atomic E-state index is 0.00531. The highest BCUT2D eigenvalue weighted by atomic mass is 16.2. The van der Waals surface area contributed by atoms with Crippen LogP contribution in [0.15, 0.2) is 42.7 Å². The van der Waals surface area contributed by atoms with Crippen molar-refractivity contribution in [1.82, 2.24) is 24.9 Å². The monoisotopic (exact) mass is 353 g/mol. The molecular formula is C19H23N5O2. The number of carbonyl (C=O) groups is 2. The number of hydrogen-bond acceptors (Lipinski definition) is 4. The van der Waals surface area contributed by atoms with Gasteiger partial charge in [-0.15, -0.1) is 0 Å². The van der Waals surface area contributed by atoms with E-state index in [9.17, 15) is 9.59 Å². The van der Waals surface area contributed by atoms with Crippen LogP contribution in [-0.2, 0) is 4.79 Å². The summed E-state index contributed by atoms with van der Waals surface area (Å²) in [4.78, 5) is 28.5. The molecule has 4 rings (SSSR count). The number of piperazine rings is 1. The second-order valence-electron chi connectivity index (χ2n) is 6.92. The van der Waals surface area contributed by atoms with E-state index in [4.69, 9.17) is 0 Å². The molecule has 2 fully saturated rings. The van der Waals surface area contributed by atoms with Crippen molar-refractivity contribution in [2.45, 2.75) is 18.9 Å². The summed E-state index contributed by atoms with van der Waals surface area (Å²) in [5.41, 5.74) is 1.52. The Hall–Kier alpha value is -2.67. The number of amides is 2. The molecule has 2 aliphatic rings. The minimum atomic E-state index is -0.00531. The van der Waals surface area contributed by atoms with Gasteiger partial charge in [0.15, 0.2) is 0 Å². The standard InChI is InChI=1S/C19H23N5O2/c25-18(21-16-6-7-16)14-22-8-10-23(11-9-22)19(26)15-12-20-24(13-15)17-4-2-1-3-5-17/h1-5,12-13,16H,6-11,14H2,(H,21,25). The molecular weight excluding hydrogens is 330 g/mol. The summed E-state index contributed by atoms with van der Waals surface area (Å²) in [6, 6.07) is 10.1. The van der Waals surface area contributed by atoms with Gasteiger partial charge in [-0.2, -0.15) is 5.10 Å². The topological polar surface area (TPSA) is 70.5 Å². The smallest absolute Gasteiger partial charge is 0.257 e. The molecule has 0 radical (unpaired) electrons. The molecule has 7 nitrogen and oxygen atoms in total. The number of aromatic nitrogens is 2. The highest BCUT2D eigenvalue weighted by Crippen LogP contribution is 2.18. The number of hydrogen-bond donors (Lipinski definition) is 1. The predicted octanol–water partition coefficient (Wildman–Crippen LogP) is 0.909. The fourth-order valence-corrected chi connectivity index (χ4v) is 3.15. The Bertz CT molecular complexity index is 776. The van der Waals surface area contributed by atoms with E-state index < -0.39 is 0 Å². The van der Waals surface area contributed by atoms with Crippen LogP contribution in [0.2, 0.25) is 0 Å². The van der Waals surface area contributed by atoms with Crippen LogP contribution < -0.4 is 5.32 Å². The molecule has 2 heterocycles. The Labute approximate surface area is 152 Å². The zero-order valence-electron chi connectivity index (χ0n) is 14.7. The fourth-order valence-electron chi connectivity index (χ4n) is 3.15. The molecule has 1 aliphatic carbocycles. The third-order valence-electron chi connectivity index (χ3n) is 4.82. The quantitative estimate of drug-likeness (QED) is 0.867. The maximum absolute atomic E-state index is 12.7. The average Bonchev–Trinajstić information content (AvgIpc) is 3.34. The van der Waals surface area contributed by atoms with Crippen LogP contribution in [0.5, 0.6) is 0 Å². The number of para-hydroxylation sites is 1. The highest BCUT2D eigenvalue weighted by Gasteiger charge is 2.27. The maximum atomic E-state index is 12.7. The molecule has 1 aromatic carbocycles. The van der Waals surface area contributed by atoms with Gasteiger partial charge in [0.2, 0.25) is 5.91 Å². The number of nitrogens with one attached hydrogen (secondary N) is 1. The third-order valence-corrected chi connectivity index (χ3v) is 4.82. The van der Waals surface area contributed by atoms with Crippen LogP contribution in [0.1, 0.15) is 23.2 Å². The van der Waals surface area contributed by atoms with E-state index in [0.29, 0.717) is 31.2 Å². The summed E-state index contributed by atoms with van der Waals surface area (Å²) in [5.74, 6) is 0.0886. The third kappa shape index (κ3) is 3.94. The summed E-state index contributed by atoms with van der Waals surface area (Å²) in [5, 5.41) is 7.30. The molecule has 0 atom stereocenters. The molecule has 2 amide bonds. The van der Waals surface area contributed by atoms with E-state index in [0.717, 1.165) is 31.6 Å². The van der Waals surface area contributed by atoms with E-state index in [1.54, 1.807) is 17.1 Å². The molecule has 0 unspecified atom stereocenters. The van der Waals surface area contributed by atoms with Gasteiger partial charge in [0.25, 0.3) is 5.91 Å². The van der Waals surface area contributed by atoms with Crippen LogP contribution in [-0.4, -0.2) is 70.2 Å². The summed E-state index contributed by atoms with van der Waals surface area (Å²) < 4.78 is 1.71. The van der Waals surface area contributed by atoms with Gasteiger partial charge < -0.3 is 10.2 Å². The maximum Gasteiger partial charge on any atom is 0.257 e. The van der Waals surface area contributed by atoms with Gasteiger partial charge in [0, 0.05) is 38.4 Å². The van der Waals surface area contributed by atoms with E-state index in [1.165, 1.54) is 0 Å². The first kappa shape index (κ1) is 16.8. The van der Waals surface area contributed by atoms with Crippen molar-refractivity contribution in [3.63, 3.8) is 0 Å². The molecule has 1 aromatic heterocycles. The zero-order valence-corrected chi connectivity index (χ0v) is 14.7. The number of rotatable bonds is 5. The Balaban J connectivity index is 1.31. The van der Waals surface area contributed by atoms with Crippen LogP contribution >= 0.6 is 0 Å². The Morgan fingerprint density at radius 3 is 2.50 bits per heavy atom. The summed E-state index contributed by atoms with van der Waals surface area (Å²) >= 11 is 0. The van der Waals surface area contributed by atoms with E-state index >= 15 is 0 Å². The number of benzene rings is 1. The van der Waals surface area contributed by atoms with Gasteiger partial charge in [0.05, 0.1) is 24.0 Å². The van der Waals surface area contributed by atoms with Crippen LogP contribution in [0.3, 0.4) is 0 Å².